The van der Waals surface area contributed by atoms with Crippen LogP contribution >= 0.6 is 0 Å². The minimum Gasteiger partial charge on any atom is -0.550 e. The number of aliphatic carboxylic acids is 2. The second-order valence-corrected chi connectivity index (χ2v) is 18.4. The highest BCUT2D eigenvalue weighted by atomic mass is 16.4. The molecule has 1 aliphatic carbocycles. The number of aliphatic imine (C=N–C) groups is 1. The summed E-state index contributed by atoms with van der Waals surface area (Å²) in [5.74, 6) is -1.28. The minimum atomic E-state index is -1.01. The number of carboxylic acid groups (broad SMARTS) is 2. The first-order chi connectivity index (χ1) is 24.7. The van der Waals surface area contributed by atoms with Gasteiger partial charge in [-0.3, -0.25) is 19.4 Å². The lowest BCUT2D eigenvalue weighted by atomic mass is 9.71. The van der Waals surface area contributed by atoms with E-state index in [0.29, 0.717) is 49.3 Å². The van der Waals surface area contributed by atoms with E-state index in [2.05, 4.69) is 52.5 Å². The van der Waals surface area contributed by atoms with Crippen molar-refractivity contribution in [2.24, 2.45) is 33.1 Å². The van der Waals surface area contributed by atoms with Crippen molar-refractivity contribution in [2.45, 2.75) is 132 Å². The first-order valence-electron chi connectivity index (χ1n) is 19.6. The number of fused-ring (bicyclic) bond motifs is 2. The molecule has 1 fully saturated rings. The molecule has 3 aliphatic rings. The number of aromatic nitrogens is 1. The van der Waals surface area contributed by atoms with Gasteiger partial charge >= 0.3 is 5.97 Å². The van der Waals surface area contributed by atoms with E-state index >= 15 is 0 Å². The van der Waals surface area contributed by atoms with Gasteiger partial charge in [0.25, 0.3) is 0 Å². The molecule has 1 aromatic carbocycles. The number of likely N-dealkylation sites (tertiary alicyclic amines) is 1. The Hall–Kier alpha value is -3.72. The van der Waals surface area contributed by atoms with Gasteiger partial charge in [0.05, 0.1) is 23.0 Å². The molecule has 0 amide bonds. The van der Waals surface area contributed by atoms with Crippen LogP contribution in [0.2, 0.25) is 0 Å². The summed E-state index contributed by atoms with van der Waals surface area (Å²) in [6.45, 7) is 20.4. The summed E-state index contributed by atoms with van der Waals surface area (Å²) in [5, 5.41) is 19.3. The lowest BCUT2D eigenvalue weighted by molar-refractivity contribution is -0.316. The van der Waals surface area contributed by atoms with Crippen LogP contribution in [0.25, 0.3) is 0 Å². The molecule has 0 radical (unpaired) electrons. The standard InChI is InChI=1S/C39H53N3O4.C5H10O2/c1-7-39(5,6)24-36(44)28-10-8-9-26(19-28)27(15-18-42-16-13-25(14-17-42)37(45)46)22-35(43)34-23-33-32(41-34)21-29-20-30(38(2,3)4)11-12-31(29)40-33;1-5(2,3)4(6)7/h8-10,19,21,25,27,30H,7,11-18,20,22-24H2,1-6H3,(H,45,46);1-3H3,(H,6,7)/p-1/t27-,30-;/m0./s1. The van der Waals surface area contributed by atoms with Crippen LogP contribution < -0.4 is 5.11 Å². The monoisotopic (exact) mass is 728 g/mol. The molecule has 0 bridgehead atoms. The lowest BCUT2D eigenvalue weighted by Crippen LogP contribution is -2.37. The molecule has 53 heavy (non-hydrogen) atoms. The average Bonchev–Trinajstić information content (AvgIpc) is 3.51. The summed E-state index contributed by atoms with van der Waals surface area (Å²) in [6, 6.07) is 10.1. The Labute approximate surface area is 317 Å². The Balaban J connectivity index is 0.000000815. The molecule has 5 rings (SSSR count). The predicted molar refractivity (Wildman–Crippen MR) is 208 cm³/mol. The van der Waals surface area contributed by atoms with Crippen LogP contribution in [0.3, 0.4) is 0 Å². The van der Waals surface area contributed by atoms with Crippen LogP contribution in [0.5, 0.6) is 0 Å². The van der Waals surface area contributed by atoms with Crippen molar-refractivity contribution >= 4 is 34.9 Å². The largest absolute Gasteiger partial charge is 0.550 e. The van der Waals surface area contributed by atoms with E-state index in [-0.39, 0.29) is 34.2 Å². The Bertz CT molecular complexity index is 1690. The van der Waals surface area contributed by atoms with Crippen LogP contribution in [0, 0.1) is 28.1 Å². The normalized spacial score (nSPS) is 18.6. The topological polar surface area (TPSA) is 140 Å². The second kappa shape index (κ2) is 17.2. The molecule has 1 N–H and O–H groups in total. The molecule has 2 aromatic rings. The molecule has 1 saturated heterocycles. The molecule has 0 saturated carbocycles. The Morgan fingerprint density at radius 3 is 2.19 bits per heavy atom. The maximum absolute atomic E-state index is 13.9. The molecule has 0 spiro atoms. The molecule has 9 heteroatoms. The van der Waals surface area contributed by atoms with Gasteiger partial charge in [0.2, 0.25) is 0 Å². The molecular formula is C44H62N3O6-. The maximum atomic E-state index is 13.9. The van der Waals surface area contributed by atoms with E-state index < -0.39 is 17.4 Å². The first kappa shape index (κ1) is 42.0. The van der Waals surface area contributed by atoms with Crippen molar-refractivity contribution in [3.05, 3.63) is 58.4 Å². The third kappa shape index (κ3) is 11.6. The fourth-order valence-corrected chi connectivity index (χ4v) is 7.26. The Morgan fingerprint density at radius 2 is 1.60 bits per heavy atom. The number of ketones is 2. The first-order valence-corrected chi connectivity index (χ1v) is 19.6. The molecule has 2 atom stereocenters. The summed E-state index contributed by atoms with van der Waals surface area (Å²) in [4.78, 5) is 60.7. The van der Waals surface area contributed by atoms with Gasteiger partial charge < -0.3 is 19.9 Å². The average molecular weight is 729 g/mol. The van der Waals surface area contributed by atoms with Crippen LogP contribution in [-0.4, -0.2) is 63.8 Å². The molecule has 2 aliphatic heterocycles. The van der Waals surface area contributed by atoms with Gasteiger partial charge in [-0.15, -0.1) is 0 Å². The number of carboxylic acids is 2. The Morgan fingerprint density at radius 1 is 0.943 bits per heavy atom. The summed E-state index contributed by atoms with van der Waals surface area (Å²) in [7, 11) is 0. The number of piperidine rings is 1. The number of pyridine rings is 1. The summed E-state index contributed by atoms with van der Waals surface area (Å²) < 4.78 is 0. The van der Waals surface area contributed by atoms with Gasteiger partial charge in [-0.1, -0.05) is 86.9 Å². The smallest absolute Gasteiger partial charge is 0.306 e. The fourth-order valence-electron chi connectivity index (χ4n) is 7.26. The SMILES string of the molecule is CC(C)(C)C(=O)[O-].CCC(C)(C)CC(=O)c1cccc([C@@H](CCN2CCC(C(=O)O)CC2)CC(=O)C2=Nc3cc4c(nc3C2)CC[C@H](C(C)(C)C)C4)c1. The molecular weight excluding hydrogens is 666 g/mol. The Kier molecular flexibility index (Phi) is 13.6. The number of rotatable bonds is 12. The third-order valence-electron chi connectivity index (χ3n) is 11.6. The van der Waals surface area contributed by atoms with E-state index in [1.54, 1.807) is 20.8 Å². The van der Waals surface area contributed by atoms with Crippen LogP contribution in [0.15, 0.2) is 35.3 Å². The highest BCUT2D eigenvalue weighted by molar-refractivity contribution is 6.41. The minimum absolute atomic E-state index is 0.0435. The van der Waals surface area contributed by atoms with Crippen LogP contribution in [0.4, 0.5) is 5.69 Å². The van der Waals surface area contributed by atoms with Gasteiger partial charge in [-0.25, -0.2) is 4.99 Å². The van der Waals surface area contributed by atoms with Gasteiger partial charge in [0.15, 0.2) is 11.6 Å². The van der Waals surface area contributed by atoms with Crippen molar-refractivity contribution in [3.8, 4) is 0 Å². The zero-order chi connectivity index (χ0) is 39.3. The van der Waals surface area contributed by atoms with E-state index in [9.17, 15) is 29.4 Å². The summed E-state index contributed by atoms with van der Waals surface area (Å²) in [6.07, 6.45) is 7.39. The van der Waals surface area contributed by atoms with Gasteiger partial charge in [0, 0.05) is 41.9 Å². The summed E-state index contributed by atoms with van der Waals surface area (Å²) in [5.41, 5.74) is 5.99. The third-order valence-corrected chi connectivity index (χ3v) is 11.6. The van der Waals surface area contributed by atoms with Crippen molar-refractivity contribution in [1.29, 1.82) is 0 Å². The predicted octanol–water partition coefficient (Wildman–Crippen LogP) is 7.58. The summed E-state index contributed by atoms with van der Waals surface area (Å²) >= 11 is 0. The fraction of sp³-hybridized carbons (Fsp3) is 0.636. The zero-order valence-corrected chi connectivity index (χ0v) is 33.6. The van der Waals surface area contributed by atoms with Crippen molar-refractivity contribution < 1.29 is 29.4 Å². The number of nitrogens with zero attached hydrogens (tertiary/aromatic N) is 3. The molecule has 0 unspecified atom stereocenters. The van der Waals surface area contributed by atoms with E-state index in [1.807, 2.05) is 24.3 Å². The quantitative estimate of drug-likeness (QED) is 0.221. The lowest BCUT2D eigenvalue weighted by Gasteiger charge is -2.34. The number of aryl methyl sites for hydroxylation is 1. The van der Waals surface area contributed by atoms with Crippen molar-refractivity contribution in [2.75, 3.05) is 19.6 Å². The number of carbonyl (C=O) groups is 4. The van der Waals surface area contributed by atoms with Crippen molar-refractivity contribution in [1.82, 2.24) is 9.88 Å². The zero-order valence-electron chi connectivity index (χ0n) is 33.6. The van der Waals surface area contributed by atoms with Crippen LogP contribution in [-0.2, 0) is 33.6 Å². The van der Waals surface area contributed by atoms with E-state index in [4.69, 9.17) is 9.98 Å². The van der Waals surface area contributed by atoms with Gasteiger partial charge in [-0.2, -0.15) is 0 Å². The highest BCUT2D eigenvalue weighted by Gasteiger charge is 2.33. The van der Waals surface area contributed by atoms with Crippen LogP contribution in [0.1, 0.15) is 146 Å². The molecule has 9 nitrogen and oxygen atoms in total. The highest BCUT2D eigenvalue weighted by Crippen LogP contribution is 2.40. The van der Waals surface area contributed by atoms with E-state index in [0.717, 1.165) is 68.7 Å². The second-order valence-electron chi connectivity index (χ2n) is 18.4. The van der Waals surface area contributed by atoms with Gasteiger partial charge in [0.1, 0.15) is 0 Å². The van der Waals surface area contributed by atoms with E-state index in [1.165, 1.54) is 11.3 Å². The number of Topliss-reactive ketones (excluding diaryl/α,β-unsaturated/α-hetero) is 2. The number of hydrogen-bond acceptors (Lipinski definition) is 8. The molecule has 1 aromatic heterocycles. The van der Waals surface area contributed by atoms with Gasteiger partial charge in [-0.05, 0) is 104 Å². The number of hydrogen-bond donors (Lipinski definition) is 1. The van der Waals surface area contributed by atoms with Crippen molar-refractivity contribution in [3.63, 3.8) is 0 Å². The molecule has 290 valence electrons. The molecule has 3 heterocycles. The maximum Gasteiger partial charge on any atom is 0.306 e. The number of benzene rings is 1. The number of carbonyl (C=O) groups excluding carboxylic acids is 3.